The lowest BCUT2D eigenvalue weighted by Gasteiger charge is -2.36. The number of aromatic nitrogens is 3. The Balaban J connectivity index is 1.16. The molecule has 2 amide bonds. The lowest BCUT2D eigenvalue weighted by Crippen LogP contribution is -2.60. The number of cyclic esters (lactones) is 1. The summed E-state index contributed by atoms with van der Waals surface area (Å²) in [6.45, 7) is 17.4. The van der Waals surface area contributed by atoms with Gasteiger partial charge in [0.25, 0.3) is 5.91 Å². The zero-order valence-electron chi connectivity index (χ0n) is 38.0. The lowest BCUT2D eigenvalue weighted by molar-refractivity contribution is -0.155. The Morgan fingerprint density at radius 1 is 1.06 bits per heavy atom. The highest BCUT2D eigenvalue weighted by molar-refractivity contribution is 7.10. The van der Waals surface area contributed by atoms with Crippen LogP contribution < -0.4 is 15.6 Å². The first-order valence-corrected chi connectivity index (χ1v) is 23.9. The molecule has 6 atom stereocenters. The summed E-state index contributed by atoms with van der Waals surface area (Å²) >= 11 is 1.51. The number of piperazine rings is 1. The second kappa shape index (κ2) is 17.9. The summed E-state index contributed by atoms with van der Waals surface area (Å²) in [6.07, 6.45) is 5.73. The molecule has 1 unspecified atom stereocenters. The average molecular weight is 881 g/mol. The average Bonchev–Trinajstić information content (AvgIpc) is 3.54. The van der Waals surface area contributed by atoms with Crippen LogP contribution in [0.4, 0.5) is 5.69 Å². The topological polar surface area (TPSA) is 143 Å². The van der Waals surface area contributed by atoms with Crippen LogP contribution >= 0.6 is 11.3 Å². The number of amides is 2. The van der Waals surface area contributed by atoms with Crippen molar-refractivity contribution in [1.29, 1.82) is 0 Å². The minimum absolute atomic E-state index is 0.107. The molecule has 0 radical (unpaired) electrons. The number of nitrogens with zero attached hydrogens (tertiary/aromatic N) is 6. The molecule has 63 heavy (non-hydrogen) atoms. The summed E-state index contributed by atoms with van der Waals surface area (Å²) < 4.78 is 20.1. The van der Waals surface area contributed by atoms with Crippen molar-refractivity contribution < 1.29 is 28.6 Å². The number of nitrogens with one attached hydrogen (secondary N) is 2. The molecule has 6 bridgehead atoms. The van der Waals surface area contributed by atoms with E-state index >= 15 is 0 Å². The van der Waals surface area contributed by atoms with E-state index in [0.717, 1.165) is 103 Å². The van der Waals surface area contributed by atoms with Crippen LogP contribution in [0.3, 0.4) is 0 Å². The number of rotatable bonds is 9. The standard InChI is InChI=1S/C48H64N8O6S/c1-28-29(2)41(28)45(57)51-38-23-40-50-39(26-63-40)32-20-31-10-8-12-55-43(31)34(21-32)36(24-48(4,5)27-62-47(59)37-11-9-13-56(52-37)46(38)58)44(55)35-22-33(25-49-42(35)30(3)61-7)54-16-14-53(15-17-54)18-19-60-6/h20-22,25-26,28-30,37-38,41,52H,8-19,23-24,27H2,1-7H3,(H,51,57)/t28-,29+,30-,37-,38-,41?/m0/s1. The molecule has 2 N–H and O–H groups in total. The van der Waals surface area contributed by atoms with E-state index < -0.39 is 17.5 Å². The summed E-state index contributed by atoms with van der Waals surface area (Å²) in [5, 5.41) is 8.64. The third-order valence-corrected chi connectivity index (χ3v) is 15.2. The Kier molecular flexibility index (Phi) is 12.4. The molecule has 3 fully saturated rings. The predicted molar refractivity (Wildman–Crippen MR) is 244 cm³/mol. The fourth-order valence-electron chi connectivity index (χ4n) is 10.4. The first-order valence-electron chi connectivity index (χ1n) is 23.0. The van der Waals surface area contributed by atoms with Crippen LogP contribution in [0.5, 0.6) is 0 Å². The number of hydrogen-bond donors (Lipinski definition) is 2. The highest BCUT2D eigenvalue weighted by atomic mass is 32.1. The SMILES string of the molecule is COCCN1CCN(c2cnc([C@H](C)OC)c(-c3c4c5cc(cc6c5n3CCC6)-c3csc(n3)C[C@H](NC(=O)C3[C@@H](C)[C@H]3C)C(=O)N3CCC[C@H](N3)C(=O)OCC(C)(C)C4)c2)CC1. The fraction of sp³-hybridized carbons (Fsp3) is 0.604. The summed E-state index contributed by atoms with van der Waals surface area (Å²) in [5.74, 6) is -0.351. The van der Waals surface area contributed by atoms with Crippen LogP contribution in [-0.2, 0) is 54.4 Å². The molecule has 14 nitrogen and oxygen atoms in total. The van der Waals surface area contributed by atoms with Crippen molar-refractivity contribution in [2.75, 3.05) is 71.6 Å². The Morgan fingerprint density at radius 3 is 2.60 bits per heavy atom. The van der Waals surface area contributed by atoms with Gasteiger partial charge >= 0.3 is 5.97 Å². The van der Waals surface area contributed by atoms with Crippen LogP contribution in [0.1, 0.15) is 81.8 Å². The third kappa shape index (κ3) is 8.75. The summed E-state index contributed by atoms with van der Waals surface area (Å²) in [7, 11) is 3.50. The largest absolute Gasteiger partial charge is 0.464 e. The van der Waals surface area contributed by atoms with Crippen molar-refractivity contribution in [1.82, 2.24) is 35.2 Å². The van der Waals surface area contributed by atoms with Crippen LogP contribution in [0.25, 0.3) is 33.4 Å². The number of benzene rings is 1. The van der Waals surface area contributed by atoms with Crippen LogP contribution in [0.2, 0.25) is 0 Å². The van der Waals surface area contributed by atoms with Crippen molar-refractivity contribution in [3.8, 4) is 22.5 Å². The van der Waals surface area contributed by atoms with E-state index in [-0.39, 0.29) is 54.7 Å². The van der Waals surface area contributed by atoms with Gasteiger partial charge in [0, 0.05) is 99.7 Å². The van der Waals surface area contributed by atoms with Crippen LogP contribution in [0, 0.1) is 23.2 Å². The zero-order valence-corrected chi connectivity index (χ0v) is 38.8. The Bertz CT molecular complexity index is 2360. The van der Waals surface area contributed by atoms with Crippen molar-refractivity contribution >= 4 is 45.7 Å². The van der Waals surface area contributed by atoms with E-state index in [4.69, 9.17) is 24.2 Å². The monoisotopic (exact) mass is 880 g/mol. The molecule has 9 rings (SSSR count). The minimum Gasteiger partial charge on any atom is -0.464 e. The molecule has 1 saturated carbocycles. The maximum atomic E-state index is 14.3. The minimum atomic E-state index is -0.837. The molecule has 15 heteroatoms. The number of pyridine rings is 1. The van der Waals surface area contributed by atoms with E-state index in [1.807, 2.05) is 6.20 Å². The van der Waals surface area contributed by atoms with Crippen molar-refractivity contribution in [2.24, 2.45) is 23.2 Å². The predicted octanol–water partition coefficient (Wildman–Crippen LogP) is 5.80. The number of thiazole rings is 1. The molecule has 2 saturated heterocycles. The van der Waals surface area contributed by atoms with Gasteiger partial charge in [-0.05, 0) is 80.2 Å². The number of anilines is 1. The number of methoxy groups -OCH3 is 2. The van der Waals surface area contributed by atoms with E-state index in [2.05, 4.69) is 83.3 Å². The van der Waals surface area contributed by atoms with Crippen LogP contribution in [0.15, 0.2) is 29.8 Å². The Labute approximate surface area is 375 Å². The normalized spacial score (nSPS) is 25.7. The quantitative estimate of drug-likeness (QED) is 0.197. The van der Waals surface area contributed by atoms with Crippen molar-refractivity contribution in [3.05, 3.63) is 51.6 Å². The van der Waals surface area contributed by atoms with Gasteiger partial charge in [0.2, 0.25) is 5.91 Å². The third-order valence-electron chi connectivity index (χ3n) is 14.4. The van der Waals surface area contributed by atoms with Gasteiger partial charge in [-0.3, -0.25) is 29.3 Å². The zero-order chi connectivity index (χ0) is 44.2. The first kappa shape index (κ1) is 43.8. The van der Waals surface area contributed by atoms with Gasteiger partial charge in [-0.25, -0.2) is 10.4 Å². The molecule has 7 heterocycles. The molecular formula is C48H64N8O6S. The van der Waals surface area contributed by atoms with Gasteiger partial charge in [0.15, 0.2) is 0 Å². The van der Waals surface area contributed by atoms with Gasteiger partial charge in [-0.15, -0.1) is 11.3 Å². The molecule has 338 valence electrons. The summed E-state index contributed by atoms with van der Waals surface area (Å²) in [6, 6.07) is 5.40. The summed E-state index contributed by atoms with van der Waals surface area (Å²) in [4.78, 5) is 57.0. The van der Waals surface area contributed by atoms with Gasteiger partial charge in [-0.1, -0.05) is 27.7 Å². The number of hydrazine groups is 1. The lowest BCUT2D eigenvalue weighted by atomic mass is 9.84. The smallest absolute Gasteiger partial charge is 0.324 e. The number of carbonyl (C=O) groups excluding carboxylic acids is 3. The van der Waals surface area contributed by atoms with Gasteiger partial charge in [-0.2, -0.15) is 0 Å². The van der Waals surface area contributed by atoms with Crippen LogP contribution in [-0.4, -0.2) is 121 Å². The number of ether oxygens (including phenoxy) is 3. The van der Waals surface area contributed by atoms with Crippen molar-refractivity contribution in [3.63, 3.8) is 0 Å². The van der Waals surface area contributed by atoms with E-state index in [9.17, 15) is 14.4 Å². The molecule has 1 aromatic carbocycles. The maximum Gasteiger partial charge on any atom is 0.324 e. The second-order valence-corrected chi connectivity index (χ2v) is 20.3. The fourth-order valence-corrected chi connectivity index (χ4v) is 11.2. The number of hydrogen-bond acceptors (Lipinski definition) is 12. The number of esters is 1. The molecule has 5 aliphatic rings. The number of carbonyl (C=O) groups is 3. The molecule has 3 aromatic heterocycles. The van der Waals surface area contributed by atoms with Gasteiger partial charge in [0.05, 0.1) is 58.8 Å². The van der Waals surface area contributed by atoms with Gasteiger partial charge < -0.3 is 29.0 Å². The number of fused-ring (bicyclic) bond motifs is 6. The number of aryl methyl sites for hydroxylation is 2. The molecule has 0 spiro atoms. The second-order valence-electron chi connectivity index (χ2n) is 19.3. The van der Waals surface area contributed by atoms with E-state index in [0.29, 0.717) is 25.8 Å². The highest BCUT2D eigenvalue weighted by Crippen LogP contribution is 2.47. The van der Waals surface area contributed by atoms with Gasteiger partial charge in [0.1, 0.15) is 12.1 Å². The maximum absolute atomic E-state index is 14.3. The van der Waals surface area contributed by atoms with Crippen molar-refractivity contribution in [2.45, 2.75) is 97.9 Å². The molecule has 1 aliphatic carbocycles. The summed E-state index contributed by atoms with van der Waals surface area (Å²) in [5.41, 5.74) is 12.5. The van der Waals surface area contributed by atoms with E-state index in [1.165, 1.54) is 33.0 Å². The molecular weight excluding hydrogens is 817 g/mol. The Morgan fingerprint density at radius 2 is 1.86 bits per heavy atom. The Hall–Kier alpha value is -4.41. The highest BCUT2D eigenvalue weighted by Gasteiger charge is 2.49. The first-order chi connectivity index (χ1) is 30.3. The molecule has 4 aliphatic heterocycles. The van der Waals surface area contributed by atoms with E-state index in [1.54, 1.807) is 14.2 Å². The molecule has 4 aromatic rings.